The molecule has 3 aliphatic rings. The molecule has 3 fully saturated rings. The fourth-order valence-corrected chi connectivity index (χ4v) is 5.34. The summed E-state index contributed by atoms with van der Waals surface area (Å²) in [6, 6.07) is 5.43. The molecule has 3 aliphatic heterocycles. The summed E-state index contributed by atoms with van der Waals surface area (Å²) in [5, 5.41) is 0. The average molecular weight is 444 g/mol. The minimum atomic E-state index is -0.0426. The summed E-state index contributed by atoms with van der Waals surface area (Å²) in [4.78, 5) is 43.6. The first-order valence-electron chi connectivity index (χ1n) is 11.6. The first-order valence-corrected chi connectivity index (χ1v) is 11.6. The highest BCUT2D eigenvalue weighted by Gasteiger charge is 2.40. The zero-order valence-corrected chi connectivity index (χ0v) is 19.0. The van der Waals surface area contributed by atoms with Gasteiger partial charge < -0.3 is 24.2 Å². The number of methoxy groups -OCH3 is 2. The molecule has 8 nitrogen and oxygen atoms in total. The molecular formula is C24H33N3O5. The van der Waals surface area contributed by atoms with E-state index < -0.39 is 0 Å². The Bertz CT molecular complexity index is 873. The summed E-state index contributed by atoms with van der Waals surface area (Å²) in [5.41, 5.74) is 0.533. The molecule has 32 heavy (non-hydrogen) atoms. The third-order valence-corrected chi connectivity index (χ3v) is 7.07. The number of ether oxygens (including phenoxy) is 2. The van der Waals surface area contributed by atoms with Crippen LogP contribution >= 0.6 is 0 Å². The molecule has 3 amide bonds. The third kappa shape index (κ3) is 4.54. The number of benzene rings is 1. The lowest BCUT2D eigenvalue weighted by Gasteiger charge is -2.47. The summed E-state index contributed by atoms with van der Waals surface area (Å²) in [6.45, 7) is 3.51. The van der Waals surface area contributed by atoms with Crippen LogP contribution < -0.4 is 9.47 Å². The maximum atomic E-state index is 13.2. The highest BCUT2D eigenvalue weighted by atomic mass is 16.5. The molecule has 8 heteroatoms. The first kappa shape index (κ1) is 22.4. The van der Waals surface area contributed by atoms with E-state index in [4.69, 9.17) is 9.47 Å². The topological polar surface area (TPSA) is 79.4 Å². The SMILES string of the molecule is COc1ccc(C(=O)N2CC[C@H]3[C@H](CCC(=O)N3CCCN3CCCC3=O)C2)c(OC)c1. The van der Waals surface area contributed by atoms with Crippen molar-refractivity contribution in [3.63, 3.8) is 0 Å². The predicted octanol–water partition coefficient (Wildman–Crippen LogP) is 2.17. The van der Waals surface area contributed by atoms with Gasteiger partial charge in [-0.25, -0.2) is 0 Å². The number of nitrogens with zero attached hydrogens (tertiary/aromatic N) is 3. The number of carbonyl (C=O) groups is 3. The predicted molar refractivity (Wildman–Crippen MR) is 119 cm³/mol. The second-order valence-corrected chi connectivity index (χ2v) is 8.90. The van der Waals surface area contributed by atoms with Gasteiger partial charge >= 0.3 is 0 Å². The second-order valence-electron chi connectivity index (χ2n) is 8.90. The molecule has 4 rings (SSSR count). The van der Waals surface area contributed by atoms with Crippen molar-refractivity contribution in [3.05, 3.63) is 23.8 Å². The van der Waals surface area contributed by atoms with Crippen LogP contribution in [0.5, 0.6) is 11.5 Å². The molecule has 2 atom stereocenters. The largest absolute Gasteiger partial charge is 0.497 e. The van der Waals surface area contributed by atoms with Crippen molar-refractivity contribution < 1.29 is 23.9 Å². The Kier molecular flexibility index (Phi) is 6.86. The third-order valence-electron chi connectivity index (χ3n) is 7.07. The minimum Gasteiger partial charge on any atom is -0.497 e. The van der Waals surface area contributed by atoms with Crippen molar-refractivity contribution in [3.8, 4) is 11.5 Å². The second kappa shape index (κ2) is 9.79. The van der Waals surface area contributed by atoms with Gasteiger partial charge in [0, 0.05) is 57.7 Å². The summed E-state index contributed by atoms with van der Waals surface area (Å²) < 4.78 is 10.7. The highest BCUT2D eigenvalue weighted by Crippen LogP contribution is 2.33. The number of amides is 3. The van der Waals surface area contributed by atoms with Gasteiger partial charge in [0.2, 0.25) is 11.8 Å². The van der Waals surface area contributed by atoms with Crippen LogP contribution in [-0.4, -0.2) is 85.4 Å². The van der Waals surface area contributed by atoms with E-state index >= 15 is 0 Å². The van der Waals surface area contributed by atoms with Gasteiger partial charge in [0.1, 0.15) is 11.5 Å². The number of hydrogen-bond donors (Lipinski definition) is 0. The van der Waals surface area contributed by atoms with E-state index in [1.165, 1.54) is 0 Å². The number of piperidine rings is 2. The first-order chi connectivity index (χ1) is 15.5. The zero-order valence-electron chi connectivity index (χ0n) is 19.0. The van der Waals surface area contributed by atoms with Crippen LogP contribution in [0.25, 0.3) is 0 Å². The van der Waals surface area contributed by atoms with Crippen LogP contribution in [0.2, 0.25) is 0 Å². The van der Waals surface area contributed by atoms with E-state index in [0.29, 0.717) is 49.5 Å². The Morgan fingerprint density at radius 3 is 2.59 bits per heavy atom. The van der Waals surface area contributed by atoms with Crippen LogP contribution in [-0.2, 0) is 9.59 Å². The van der Waals surface area contributed by atoms with Crippen LogP contribution in [0, 0.1) is 5.92 Å². The molecule has 0 spiro atoms. The van der Waals surface area contributed by atoms with Crippen LogP contribution in [0.1, 0.15) is 48.9 Å². The lowest BCUT2D eigenvalue weighted by molar-refractivity contribution is -0.140. The molecule has 3 saturated heterocycles. The molecule has 0 aromatic heterocycles. The van der Waals surface area contributed by atoms with Gasteiger partial charge in [-0.15, -0.1) is 0 Å². The molecule has 1 aromatic carbocycles. The zero-order chi connectivity index (χ0) is 22.7. The molecule has 3 heterocycles. The van der Waals surface area contributed by atoms with E-state index in [9.17, 15) is 14.4 Å². The number of likely N-dealkylation sites (tertiary alicyclic amines) is 3. The maximum Gasteiger partial charge on any atom is 0.257 e. The highest BCUT2D eigenvalue weighted by molar-refractivity contribution is 5.97. The number of rotatable bonds is 7. The van der Waals surface area contributed by atoms with Crippen LogP contribution in [0.15, 0.2) is 18.2 Å². The van der Waals surface area contributed by atoms with E-state index in [0.717, 1.165) is 38.8 Å². The number of carbonyl (C=O) groups excluding carboxylic acids is 3. The average Bonchev–Trinajstić information content (AvgIpc) is 3.23. The minimum absolute atomic E-state index is 0.0426. The van der Waals surface area contributed by atoms with Crippen LogP contribution in [0.3, 0.4) is 0 Å². The van der Waals surface area contributed by atoms with E-state index in [1.807, 2.05) is 14.7 Å². The quantitative estimate of drug-likeness (QED) is 0.645. The van der Waals surface area contributed by atoms with Gasteiger partial charge in [0.25, 0.3) is 5.91 Å². The monoisotopic (exact) mass is 443 g/mol. The molecule has 0 radical (unpaired) electrons. The van der Waals surface area contributed by atoms with Gasteiger partial charge in [0.05, 0.1) is 19.8 Å². The fraction of sp³-hybridized carbons (Fsp3) is 0.625. The van der Waals surface area contributed by atoms with Gasteiger partial charge in [-0.1, -0.05) is 0 Å². The van der Waals surface area contributed by atoms with Crippen molar-refractivity contribution in [1.29, 1.82) is 0 Å². The smallest absolute Gasteiger partial charge is 0.257 e. The standard InChI is InChI=1S/C24H33N3O5/c1-31-18-7-8-19(21(15-18)32-2)24(30)26-14-10-20-17(16-26)6-9-23(29)27(20)13-4-12-25-11-3-5-22(25)28/h7-8,15,17,20H,3-6,9-14,16H2,1-2H3/t17-,20+/m1/s1. The Morgan fingerprint density at radius 1 is 1.03 bits per heavy atom. The van der Waals surface area contributed by atoms with Gasteiger partial charge in [-0.3, -0.25) is 14.4 Å². The molecule has 0 unspecified atom stereocenters. The molecule has 0 bridgehead atoms. The number of hydrogen-bond acceptors (Lipinski definition) is 5. The van der Waals surface area contributed by atoms with Crippen molar-refractivity contribution in [1.82, 2.24) is 14.7 Å². The van der Waals surface area contributed by atoms with E-state index in [2.05, 4.69) is 0 Å². The summed E-state index contributed by atoms with van der Waals surface area (Å²) >= 11 is 0. The van der Waals surface area contributed by atoms with Gasteiger partial charge in [0.15, 0.2) is 0 Å². The number of fused-ring (bicyclic) bond motifs is 1. The van der Waals surface area contributed by atoms with Crippen LogP contribution in [0.4, 0.5) is 0 Å². The Hall–Kier alpha value is -2.77. The van der Waals surface area contributed by atoms with E-state index in [-0.39, 0.29) is 29.7 Å². The lowest BCUT2D eigenvalue weighted by Crippen LogP contribution is -2.57. The molecule has 174 valence electrons. The fourth-order valence-electron chi connectivity index (χ4n) is 5.34. The Balaban J connectivity index is 1.38. The molecule has 0 N–H and O–H groups in total. The van der Waals surface area contributed by atoms with Crippen molar-refractivity contribution in [2.75, 3.05) is 46.9 Å². The maximum absolute atomic E-state index is 13.2. The molecule has 1 aromatic rings. The van der Waals surface area contributed by atoms with Gasteiger partial charge in [-0.05, 0) is 43.7 Å². The summed E-state index contributed by atoms with van der Waals surface area (Å²) in [7, 11) is 3.14. The van der Waals surface area contributed by atoms with Gasteiger partial charge in [-0.2, -0.15) is 0 Å². The summed E-state index contributed by atoms with van der Waals surface area (Å²) in [5.74, 6) is 1.83. The lowest BCUT2D eigenvalue weighted by atomic mass is 9.83. The van der Waals surface area contributed by atoms with Crippen molar-refractivity contribution in [2.45, 2.75) is 44.6 Å². The Labute approximate surface area is 189 Å². The summed E-state index contributed by atoms with van der Waals surface area (Å²) in [6.07, 6.45) is 4.52. The van der Waals surface area contributed by atoms with Crippen molar-refractivity contribution >= 4 is 17.7 Å². The normalized spacial score (nSPS) is 23.4. The van der Waals surface area contributed by atoms with Crippen molar-refractivity contribution in [2.24, 2.45) is 5.92 Å². The molecule has 0 saturated carbocycles. The molecular weight excluding hydrogens is 410 g/mol. The molecule has 0 aliphatic carbocycles. The van der Waals surface area contributed by atoms with E-state index in [1.54, 1.807) is 32.4 Å². The Morgan fingerprint density at radius 2 is 1.88 bits per heavy atom.